The zero-order valence-electron chi connectivity index (χ0n) is 4.22. The number of phosphoric acid groups is 2. The van der Waals surface area contributed by atoms with E-state index in [9.17, 15) is 9.13 Å². The maximum atomic E-state index is 10.2. The summed E-state index contributed by atoms with van der Waals surface area (Å²) in [6.07, 6.45) is 0. The molecule has 0 heterocycles. The molecule has 0 aliphatic carbocycles. The molecule has 0 saturated carbocycles. The van der Waals surface area contributed by atoms with Gasteiger partial charge in [-0.05, 0) is 0 Å². The average Bonchev–Trinajstić information content (AvgIpc) is 1.60. The van der Waals surface area contributed by atoms with Crippen LogP contribution < -0.4 is 0 Å². The molecule has 7 nitrogen and oxygen atoms in total. The van der Waals surface area contributed by atoms with Crippen molar-refractivity contribution in [3.63, 3.8) is 0 Å². The van der Waals surface area contributed by atoms with Crippen LogP contribution in [0.4, 0.5) is 0 Å². The first-order chi connectivity index (χ1) is 4.27. The third-order valence-electron chi connectivity index (χ3n) is 0.291. The summed E-state index contributed by atoms with van der Waals surface area (Å²) in [4.78, 5) is 24.1. The van der Waals surface area contributed by atoms with E-state index in [0.29, 0.717) is 0 Å². The van der Waals surface area contributed by atoms with Crippen LogP contribution in [-0.2, 0) is 33.4 Å². The summed E-state index contributed by atoms with van der Waals surface area (Å²) in [5, 5.41) is 0. The van der Waals surface area contributed by atoms with Gasteiger partial charge in [0.2, 0.25) is 0 Å². The summed E-state index contributed by atoms with van der Waals surface area (Å²) in [7, 11) is -9.65. The summed E-state index contributed by atoms with van der Waals surface area (Å²) < 4.78 is 26.7. The van der Waals surface area contributed by atoms with Crippen LogP contribution in [0.3, 0.4) is 0 Å². The fourth-order valence-corrected chi connectivity index (χ4v) is 1.65. The van der Waals surface area contributed by atoms with E-state index in [0.717, 1.165) is 0 Å². The fraction of sp³-hybridized carbons (Fsp3) is 0. The van der Waals surface area contributed by atoms with Crippen molar-refractivity contribution in [3.8, 4) is 0 Å². The standard InChI is InChI=1S/Fe.Na.H4O7P2.H/c;;1-8(2,3)7-9(4,5)6;/h;;(H2,1,2,3)(H2,4,5,6);/q+1;;;/p-1. The Morgan fingerprint density at radius 2 is 1.55 bits per heavy atom. The van der Waals surface area contributed by atoms with Crippen LogP contribution in [0.25, 0.3) is 0 Å². The predicted octanol–water partition coefficient (Wildman–Crippen LogP) is -0.974. The van der Waals surface area contributed by atoms with Crippen molar-refractivity contribution < 1.29 is 48.1 Å². The monoisotopic (exact) mass is 257 g/mol. The van der Waals surface area contributed by atoms with Crippen LogP contribution in [0.2, 0.25) is 0 Å². The van der Waals surface area contributed by atoms with E-state index in [2.05, 4.69) is 24.3 Å². The Hall–Kier alpha value is 1.78. The van der Waals surface area contributed by atoms with Gasteiger partial charge in [-0.2, -0.15) is 0 Å². The summed E-state index contributed by atoms with van der Waals surface area (Å²) in [5.41, 5.74) is 0. The minimum atomic E-state index is -4.98. The van der Waals surface area contributed by atoms with Crippen molar-refractivity contribution in [3.05, 3.63) is 0 Å². The summed E-state index contributed by atoms with van der Waals surface area (Å²) in [6.45, 7) is 0. The minimum absolute atomic E-state index is 0. The van der Waals surface area contributed by atoms with Gasteiger partial charge in [0.25, 0.3) is 0 Å². The first-order valence-electron chi connectivity index (χ1n) is 1.66. The van der Waals surface area contributed by atoms with Crippen LogP contribution in [0.15, 0.2) is 0 Å². The quantitative estimate of drug-likeness (QED) is 0.440. The van der Waals surface area contributed by atoms with Crippen molar-refractivity contribution >= 4 is 45.2 Å². The van der Waals surface area contributed by atoms with E-state index in [-0.39, 0.29) is 29.6 Å². The molecule has 0 amide bonds. The second-order valence-corrected chi connectivity index (χ2v) is 4.41. The first kappa shape index (κ1) is 15.3. The Labute approximate surface area is 92.8 Å². The molecular formula is H4FeNaO7P2. The number of hydrogen-bond donors (Lipinski definition) is 3. The molecule has 0 fully saturated rings. The molecular weight excluding hydrogens is 253 g/mol. The van der Waals surface area contributed by atoms with Gasteiger partial charge in [-0.15, -0.1) is 0 Å². The van der Waals surface area contributed by atoms with Gasteiger partial charge in [0.15, 0.2) is 0 Å². The van der Waals surface area contributed by atoms with Crippen LogP contribution in [-0.4, -0.2) is 44.2 Å². The zero-order valence-corrected chi connectivity index (χ0v) is 7.12. The van der Waals surface area contributed by atoms with Crippen molar-refractivity contribution in [1.29, 1.82) is 0 Å². The number of hydrogen-bond acceptors (Lipinski definition) is 4. The first-order valence-corrected chi connectivity index (χ1v) is 5.13. The summed E-state index contributed by atoms with van der Waals surface area (Å²) in [6, 6.07) is 0. The van der Waals surface area contributed by atoms with Gasteiger partial charge in [0, 0.05) is 0 Å². The van der Waals surface area contributed by atoms with Gasteiger partial charge in [0.05, 0.1) is 0 Å². The predicted molar refractivity (Wildman–Crippen MR) is 31.2 cm³/mol. The van der Waals surface area contributed by atoms with Crippen molar-refractivity contribution in [2.45, 2.75) is 0 Å². The van der Waals surface area contributed by atoms with Gasteiger partial charge < -0.3 is 0 Å². The molecule has 0 aliphatic rings. The molecule has 1 unspecified atom stereocenters. The third kappa shape index (κ3) is 9.70. The molecule has 0 aromatic carbocycles. The Kier molecular flexibility index (Phi) is 7.63. The van der Waals surface area contributed by atoms with Crippen LogP contribution in [0, 0.1) is 0 Å². The molecule has 11 heteroatoms. The van der Waals surface area contributed by atoms with E-state index in [1.807, 2.05) is 0 Å². The Morgan fingerprint density at radius 1 is 1.18 bits per heavy atom. The molecule has 11 heavy (non-hydrogen) atoms. The summed E-state index contributed by atoms with van der Waals surface area (Å²) in [5.74, 6) is 0. The van der Waals surface area contributed by atoms with E-state index >= 15 is 0 Å². The molecule has 1 atom stereocenters. The average molecular weight is 257 g/mol. The molecule has 0 aromatic heterocycles. The van der Waals surface area contributed by atoms with Crippen LogP contribution >= 0.6 is 15.6 Å². The fourth-order valence-electron chi connectivity index (χ4n) is 0.146. The Bertz CT molecular complexity index is 195. The van der Waals surface area contributed by atoms with Gasteiger partial charge in [-0.3, -0.25) is 0 Å². The van der Waals surface area contributed by atoms with Gasteiger partial charge in [0.1, 0.15) is 0 Å². The van der Waals surface area contributed by atoms with Gasteiger partial charge >= 0.3 is 93.3 Å². The van der Waals surface area contributed by atoms with E-state index in [1.165, 1.54) is 0 Å². The second-order valence-electron chi connectivity index (χ2n) is 1.11. The van der Waals surface area contributed by atoms with Crippen molar-refractivity contribution in [2.24, 2.45) is 0 Å². The van der Waals surface area contributed by atoms with E-state index in [1.54, 1.807) is 0 Å². The molecule has 3 N–H and O–H groups in total. The Balaban J connectivity index is 0. The molecule has 0 bridgehead atoms. The molecule has 0 radical (unpaired) electrons. The molecule has 0 spiro atoms. The topological polar surface area (TPSA) is 113 Å². The third-order valence-corrected chi connectivity index (χ3v) is 2.89. The molecule has 0 aromatic rings. The van der Waals surface area contributed by atoms with Crippen LogP contribution in [0.1, 0.15) is 0 Å². The van der Waals surface area contributed by atoms with Gasteiger partial charge in [-0.1, -0.05) is 0 Å². The summed E-state index contributed by atoms with van der Waals surface area (Å²) >= 11 is 2.46. The molecule has 65 valence electrons. The van der Waals surface area contributed by atoms with E-state index < -0.39 is 15.6 Å². The van der Waals surface area contributed by atoms with E-state index in [4.69, 9.17) is 14.7 Å². The van der Waals surface area contributed by atoms with Crippen LogP contribution in [0.5, 0.6) is 0 Å². The molecule has 0 rings (SSSR count). The molecule has 0 aliphatic heterocycles. The Morgan fingerprint density at radius 3 is 1.64 bits per heavy atom. The molecule has 0 saturated heterocycles. The normalized spacial score (nSPS) is 16.7. The second kappa shape index (κ2) is 5.50. The maximum absolute atomic E-state index is 10.2. The zero-order chi connectivity index (χ0) is 8.41. The van der Waals surface area contributed by atoms with Crippen molar-refractivity contribution in [2.75, 3.05) is 0 Å². The van der Waals surface area contributed by atoms with Gasteiger partial charge in [-0.25, -0.2) is 0 Å². The van der Waals surface area contributed by atoms with Crippen molar-refractivity contribution in [1.82, 2.24) is 0 Å². The number of rotatable bonds is 3. The SMILES string of the molecule is O=P(O)(O)OP(=O)(O)[O][Fe].[NaH].